The summed E-state index contributed by atoms with van der Waals surface area (Å²) in [5.74, 6) is -0.340. The minimum atomic E-state index is -0.528. The molecule has 37 heavy (non-hydrogen) atoms. The first-order valence-electron chi connectivity index (χ1n) is 11.9. The Kier molecular flexibility index (Phi) is 7.09. The Morgan fingerprint density at radius 2 is 1.84 bits per heavy atom. The molecule has 1 fully saturated rings. The quantitative estimate of drug-likeness (QED) is 0.483. The molecule has 7 nitrogen and oxygen atoms in total. The molecule has 2 unspecified atom stereocenters. The average Bonchev–Trinajstić information content (AvgIpc) is 2.89. The van der Waals surface area contributed by atoms with Crippen LogP contribution in [-0.4, -0.2) is 41.5 Å². The lowest BCUT2D eigenvalue weighted by Gasteiger charge is -2.43. The molecule has 1 N–H and O–H groups in total. The first-order chi connectivity index (χ1) is 17.8. The van der Waals surface area contributed by atoms with E-state index in [1.54, 1.807) is 53.4 Å². The second-order valence-electron chi connectivity index (χ2n) is 9.29. The largest absolute Gasteiger partial charge is 0.496 e. The van der Waals surface area contributed by atoms with Crippen LogP contribution in [0.2, 0.25) is 10.0 Å². The summed E-state index contributed by atoms with van der Waals surface area (Å²) in [6.45, 7) is 1.48. The number of fused-ring (bicyclic) bond motifs is 4. The van der Waals surface area contributed by atoms with Crippen LogP contribution >= 0.6 is 23.2 Å². The van der Waals surface area contributed by atoms with E-state index in [9.17, 15) is 14.4 Å². The monoisotopic (exact) mass is 537 g/mol. The smallest absolute Gasteiger partial charge is 0.270 e. The van der Waals surface area contributed by atoms with Crippen molar-refractivity contribution in [3.05, 3.63) is 104 Å². The van der Waals surface area contributed by atoms with Crippen LogP contribution in [0, 0.1) is 5.92 Å². The van der Waals surface area contributed by atoms with Crippen LogP contribution in [0.15, 0.2) is 71.2 Å². The minimum absolute atomic E-state index is 0.0194. The number of nitrogens with zero attached hydrogens (tertiary/aromatic N) is 2. The summed E-state index contributed by atoms with van der Waals surface area (Å²) >= 11 is 12.5. The number of carbonyl (C=O) groups excluding carboxylic acids is 2. The SMILES string of the molecule is COc1ccc(Cl)cc1C(=O)NC(=Cc1ccccc1Cl)C(=O)N1CC2CC(C1)c1cccc(=O)n1C2. The molecule has 0 saturated carbocycles. The Hall–Kier alpha value is -3.55. The third-order valence-electron chi connectivity index (χ3n) is 6.86. The van der Waals surface area contributed by atoms with Crippen molar-refractivity contribution >= 4 is 41.1 Å². The number of rotatable bonds is 5. The average molecular weight is 538 g/mol. The number of likely N-dealkylation sites (tertiary alicyclic amines) is 1. The van der Waals surface area contributed by atoms with Gasteiger partial charge in [0.2, 0.25) is 0 Å². The highest BCUT2D eigenvalue weighted by Gasteiger charge is 2.37. The molecule has 3 aromatic rings. The van der Waals surface area contributed by atoms with E-state index in [1.807, 2.05) is 16.7 Å². The molecule has 1 saturated heterocycles. The van der Waals surface area contributed by atoms with Gasteiger partial charge in [-0.3, -0.25) is 14.4 Å². The van der Waals surface area contributed by atoms with Gasteiger partial charge in [-0.1, -0.05) is 47.5 Å². The summed E-state index contributed by atoms with van der Waals surface area (Å²) < 4.78 is 7.14. The van der Waals surface area contributed by atoms with Crippen LogP contribution in [-0.2, 0) is 11.3 Å². The molecular formula is C28H25Cl2N3O4. The molecule has 3 heterocycles. The summed E-state index contributed by atoms with van der Waals surface area (Å²) in [6.07, 6.45) is 2.49. The van der Waals surface area contributed by atoms with Crippen LogP contribution in [0.3, 0.4) is 0 Å². The van der Waals surface area contributed by atoms with Gasteiger partial charge >= 0.3 is 0 Å². The molecule has 0 aliphatic carbocycles. The lowest BCUT2D eigenvalue weighted by atomic mass is 9.83. The number of pyridine rings is 1. The molecule has 2 aromatic carbocycles. The maximum atomic E-state index is 13.9. The highest BCUT2D eigenvalue weighted by molar-refractivity contribution is 6.32. The molecule has 2 aliphatic heterocycles. The summed E-state index contributed by atoms with van der Waals surface area (Å²) in [4.78, 5) is 41.3. The number of benzene rings is 2. The maximum Gasteiger partial charge on any atom is 0.270 e. The third kappa shape index (κ3) is 5.15. The van der Waals surface area contributed by atoms with Crippen LogP contribution in [0.25, 0.3) is 6.08 Å². The minimum Gasteiger partial charge on any atom is -0.496 e. The van der Waals surface area contributed by atoms with E-state index in [0.29, 0.717) is 41.0 Å². The molecule has 2 aliphatic rings. The Morgan fingerprint density at radius 3 is 2.62 bits per heavy atom. The van der Waals surface area contributed by atoms with Gasteiger partial charge in [0, 0.05) is 47.4 Å². The van der Waals surface area contributed by atoms with Gasteiger partial charge in [-0.15, -0.1) is 0 Å². The first kappa shape index (κ1) is 25.1. The van der Waals surface area contributed by atoms with Crippen molar-refractivity contribution in [3.8, 4) is 5.75 Å². The van der Waals surface area contributed by atoms with Gasteiger partial charge in [0.05, 0.1) is 12.7 Å². The second kappa shape index (κ2) is 10.4. The lowest BCUT2D eigenvalue weighted by molar-refractivity contribution is -0.130. The zero-order chi connectivity index (χ0) is 26.1. The van der Waals surface area contributed by atoms with Crippen LogP contribution in [0.4, 0.5) is 0 Å². The molecule has 2 bridgehead atoms. The van der Waals surface area contributed by atoms with Crippen LogP contribution in [0.5, 0.6) is 5.75 Å². The van der Waals surface area contributed by atoms with E-state index in [0.717, 1.165) is 12.1 Å². The van der Waals surface area contributed by atoms with Crippen molar-refractivity contribution in [2.24, 2.45) is 5.92 Å². The Balaban J connectivity index is 1.48. The summed E-state index contributed by atoms with van der Waals surface area (Å²) in [5.41, 5.74) is 1.81. The summed E-state index contributed by atoms with van der Waals surface area (Å²) in [6, 6.07) is 17.1. The number of aromatic nitrogens is 1. The molecule has 2 atom stereocenters. The van der Waals surface area contributed by atoms with Crippen molar-refractivity contribution in [2.75, 3.05) is 20.2 Å². The molecule has 5 rings (SSSR count). The zero-order valence-electron chi connectivity index (χ0n) is 20.1. The highest BCUT2D eigenvalue weighted by Crippen LogP contribution is 2.35. The molecule has 2 amide bonds. The van der Waals surface area contributed by atoms with E-state index < -0.39 is 5.91 Å². The van der Waals surface area contributed by atoms with Crippen molar-refractivity contribution in [3.63, 3.8) is 0 Å². The standard InChI is InChI=1S/C28H25Cl2N3O4/c1-37-25-10-9-20(29)13-21(25)27(35)31-23(12-18-5-2-3-6-22(18)30)28(36)32-14-17-11-19(16-32)24-7-4-8-26(34)33(24)15-17/h2-10,12-13,17,19H,11,14-16H2,1H3,(H,31,35). The predicted octanol–water partition coefficient (Wildman–Crippen LogP) is 4.58. The van der Waals surface area contributed by atoms with E-state index in [1.165, 1.54) is 13.2 Å². The third-order valence-corrected chi connectivity index (χ3v) is 7.44. The number of halogens is 2. The topological polar surface area (TPSA) is 80.6 Å². The normalized spacial score (nSPS) is 18.7. The van der Waals surface area contributed by atoms with E-state index in [-0.39, 0.29) is 34.6 Å². The predicted molar refractivity (Wildman–Crippen MR) is 143 cm³/mol. The summed E-state index contributed by atoms with van der Waals surface area (Å²) in [5, 5.41) is 3.60. The van der Waals surface area contributed by atoms with Crippen LogP contribution < -0.4 is 15.6 Å². The van der Waals surface area contributed by atoms with E-state index >= 15 is 0 Å². The second-order valence-corrected chi connectivity index (χ2v) is 10.1. The highest BCUT2D eigenvalue weighted by atomic mass is 35.5. The first-order valence-corrected chi connectivity index (χ1v) is 12.7. The number of carbonyl (C=O) groups is 2. The Labute approximate surface area is 224 Å². The fraction of sp³-hybridized carbons (Fsp3) is 0.250. The number of methoxy groups -OCH3 is 1. The van der Waals surface area contributed by atoms with Gasteiger partial charge in [-0.05, 0) is 54.3 Å². The van der Waals surface area contributed by atoms with E-state index in [4.69, 9.17) is 27.9 Å². The van der Waals surface area contributed by atoms with Gasteiger partial charge < -0.3 is 19.5 Å². The molecule has 190 valence electrons. The number of ether oxygens (including phenoxy) is 1. The van der Waals surface area contributed by atoms with Gasteiger partial charge in [-0.2, -0.15) is 0 Å². The zero-order valence-corrected chi connectivity index (χ0v) is 21.6. The molecule has 0 spiro atoms. The van der Waals surface area contributed by atoms with Crippen molar-refractivity contribution in [1.29, 1.82) is 0 Å². The van der Waals surface area contributed by atoms with Gasteiger partial charge in [0.15, 0.2) is 0 Å². The van der Waals surface area contributed by atoms with Crippen molar-refractivity contribution < 1.29 is 14.3 Å². The fourth-order valence-electron chi connectivity index (χ4n) is 5.18. The van der Waals surface area contributed by atoms with Crippen molar-refractivity contribution in [1.82, 2.24) is 14.8 Å². The van der Waals surface area contributed by atoms with Gasteiger partial charge in [0.25, 0.3) is 17.4 Å². The fourth-order valence-corrected chi connectivity index (χ4v) is 5.54. The molecule has 9 heteroatoms. The molecule has 0 radical (unpaired) electrons. The number of hydrogen-bond donors (Lipinski definition) is 1. The van der Waals surface area contributed by atoms with Gasteiger partial charge in [0.1, 0.15) is 11.4 Å². The lowest BCUT2D eigenvalue weighted by Crippen LogP contribution is -2.50. The Morgan fingerprint density at radius 1 is 1.03 bits per heavy atom. The maximum absolute atomic E-state index is 13.9. The molecular weight excluding hydrogens is 513 g/mol. The number of hydrogen-bond acceptors (Lipinski definition) is 4. The van der Waals surface area contributed by atoms with Crippen molar-refractivity contribution in [2.45, 2.75) is 18.9 Å². The number of piperidine rings is 1. The Bertz CT molecular complexity index is 1470. The molecule has 1 aromatic heterocycles. The number of amides is 2. The van der Waals surface area contributed by atoms with Crippen LogP contribution in [0.1, 0.15) is 34.0 Å². The van der Waals surface area contributed by atoms with E-state index in [2.05, 4.69) is 5.32 Å². The summed E-state index contributed by atoms with van der Waals surface area (Å²) in [7, 11) is 1.46. The number of nitrogens with one attached hydrogen (secondary N) is 1. The van der Waals surface area contributed by atoms with Gasteiger partial charge in [-0.25, -0.2) is 0 Å².